The summed E-state index contributed by atoms with van der Waals surface area (Å²) in [6.45, 7) is 4.63. The van der Waals surface area contributed by atoms with Gasteiger partial charge in [0, 0.05) is 42.1 Å². The minimum Gasteiger partial charge on any atom is -0.334 e. The average Bonchev–Trinajstić information content (AvgIpc) is 3.14. The number of benzene rings is 2. The number of carbonyl (C=O) groups is 3. The second-order valence-electron chi connectivity index (χ2n) is 6.35. The zero-order chi connectivity index (χ0) is 19.9. The third kappa shape index (κ3) is 4.76. The quantitative estimate of drug-likeness (QED) is 0.673. The van der Waals surface area contributed by atoms with Crippen molar-refractivity contribution in [2.24, 2.45) is 0 Å². The van der Waals surface area contributed by atoms with Crippen LogP contribution in [-0.4, -0.2) is 30.9 Å². The Morgan fingerprint density at radius 3 is 2.21 bits per heavy atom. The van der Waals surface area contributed by atoms with Crippen molar-refractivity contribution in [3.8, 4) is 0 Å². The van der Waals surface area contributed by atoms with Crippen LogP contribution < -0.4 is 20.9 Å². The molecule has 1 fully saturated rings. The fourth-order valence-corrected chi connectivity index (χ4v) is 2.89. The van der Waals surface area contributed by atoms with E-state index in [1.807, 2.05) is 0 Å². The molecule has 3 rings (SSSR count). The zero-order valence-corrected chi connectivity index (χ0v) is 15.4. The molecule has 0 saturated carbocycles. The van der Waals surface area contributed by atoms with Gasteiger partial charge >= 0.3 is 6.03 Å². The molecular weight excluding hydrogens is 356 g/mol. The van der Waals surface area contributed by atoms with Crippen molar-refractivity contribution in [1.82, 2.24) is 5.32 Å². The topological polar surface area (TPSA) is 90.5 Å². The van der Waals surface area contributed by atoms with Crippen LogP contribution in [0.5, 0.6) is 0 Å². The fourth-order valence-electron chi connectivity index (χ4n) is 2.89. The second-order valence-corrected chi connectivity index (χ2v) is 6.35. The maximum atomic E-state index is 12.4. The van der Waals surface area contributed by atoms with Crippen LogP contribution in [0.15, 0.2) is 61.2 Å². The van der Waals surface area contributed by atoms with Crippen molar-refractivity contribution in [3.05, 3.63) is 66.7 Å². The molecule has 0 aromatic heterocycles. The van der Waals surface area contributed by atoms with Crippen LogP contribution in [0, 0.1) is 0 Å². The van der Waals surface area contributed by atoms with Gasteiger partial charge in [-0.15, -0.1) is 6.58 Å². The molecule has 28 heavy (non-hydrogen) atoms. The van der Waals surface area contributed by atoms with Crippen molar-refractivity contribution in [2.75, 3.05) is 28.6 Å². The first-order valence-corrected chi connectivity index (χ1v) is 9.04. The Kier molecular flexibility index (Phi) is 6.06. The lowest BCUT2D eigenvalue weighted by Crippen LogP contribution is -2.28. The molecule has 3 N–H and O–H groups in total. The van der Waals surface area contributed by atoms with Gasteiger partial charge in [-0.05, 0) is 55.0 Å². The monoisotopic (exact) mass is 378 g/mol. The van der Waals surface area contributed by atoms with Gasteiger partial charge in [0.2, 0.25) is 5.91 Å². The highest BCUT2D eigenvalue weighted by molar-refractivity contribution is 6.05. The van der Waals surface area contributed by atoms with E-state index in [1.54, 1.807) is 59.5 Å². The molecule has 0 aliphatic carbocycles. The van der Waals surface area contributed by atoms with Crippen LogP contribution in [0.4, 0.5) is 21.9 Å². The van der Waals surface area contributed by atoms with E-state index in [0.29, 0.717) is 29.9 Å². The van der Waals surface area contributed by atoms with Gasteiger partial charge in [-0.2, -0.15) is 0 Å². The summed E-state index contributed by atoms with van der Waals surface area (Å²) in [7, 11) is 0. The number of anilines is 3. The minimum atomic E-state index is -0.326. The Bertz CT molecular complexity index is 876. The van der Waals surface area contributed by atoms with Crippen molar-refractivity contribution in [3.63, 3.8) is 0 Å². The Morgan fingerprint density at radius 1 is 1.00 bits per heavy atom. The van der Waals surface area contributed by atoms with Crippen LogP contribution in [0.1, 0.15) is 23.2 Å². The lowest BCUT2D eigenvalue weighted by Gasteiger charge is -2.15. The lowest BCUT2D eigenvalue weighted by molar-refractivity contribution is -0.117. The van der Waals surface area contributed by atoms with Gasteiger partial charge in [-0.1, -0.05) is 6.08 Å². The van der Waals surface area contributed by atoms with Gasteiger partial charge in [0.1, 0.15) is 0 Å². The maximum Gasteiger partial charge on any atom is 0.319 e. The largest absolute Gasteiger partial charge is 0.334 e. The van der Waals surface area contributed by atoms with Crippen molar-refractivity contribution in [2.45, 2.75) is 12.8 Å². The first kappa shape index (κ1) is 19.2. The minimum absolute atomic E-state index is 0.115. The van der Waals surface area contributed by atoms with Gasteiger partial charge < -0.3 is 20.9 Å². The van der Waals surface area contributed by atoms with E-state index >= 15 is 0 Å². The molecule has 1 aliphatic rings. The summed E-state index contributed by atoms with van der Waals surface area (Å²) in [4.78, 5) is 37.5. The Morgan fingerprint density at radius 2 is 1.64 bits per heavy atom. The number of hydrogen-bond donors (Lipinski definition) is 3. The predicted molar refractivity (Wildman–Crippen MR) is 110 cm³/mol. The Balaban J connectivity index is 1.57. The smallest absolute Gasteiger partial charge is 0.319 e. The van der Waals surface area contributed by atoms with E-state index in [0.717, 1.165) is 18.7 Å². The van der Waals surface area contributed by atoms with E-state index in [-0.39, 0.29) is 17.8 Å². The molecule has 7 nitrogen and oxygen atoms in total. The summed E-state index contributed by atoms with van der Waals surface area (Å²) >= 11 is 0. The van der Waals surface area contributed by atoms with Crippen LogP contribution >= 0.6 is 0 Å². The Hall–Kier alpha value is -3.61. The van der Waals surface area contributed by atoms with E-state index < -0.39 is 0 Å². The first-order chi connectivity index (χ1) is 13.6. The summed E-state index contributed by atoms with van der Waals surface area (Å²) in [6, 6.07) is 13.5. The van der Waals surface area contributed by atoms with E-state index in [1.165, 1.54) is 0 Å². The number of rotatable bonds is 6. The summed E-state index contributed by atoms with van der Waals surface area (Å²) < 4.78 is 0. The molecule has 2 aromatic carbocycles. The molecule has 7 heteroatoms. The average molecular weight is 378 g/mol. The van der Waals surface area contributed by atoms with Gasteiger partial charge in [-0.25, -0.2) is 4.79 Å². The molecule has 144 valence electrons. The molecule has 1 saturated heterocycles. The zero-order valence-electron chi connectivity index (χ0n) is 15.4. The molecule has 0 radical (unpaired) electrons. The van der Waals surface area contributed by atoms with Crippen LogP contribution in [0.25, 0.3) is 0 Å². The molecule has 0 unspecified atom stereocenters. The standard InChI is InChI=1S/C21H22N4O3/c1-2-13-22-21(28)24-17-9-7-16(8-10-17)23-20(27)15-5-11-18(12-6-15)25-14-3-4-19(25)26/h2,5-12H,1,3-4,13-14H2,(H,23,27)(H2,22,24,28). The van der Waals surface area contributed by atoms with Gasteiger partial charge in [0.15, 0.2) is 0 Å². The highest BCUT2D eigenvalue weighted by atomic mass is 16.2. The lowest BCUT2D eigenvalue weighted by atomic mass is 10.1. The number of urea groups is 1. The number of nitrogens with zero attached hydrogens (tertiary/aromatic N) is 1. The van der Waals surface area contributed by atoms with E-state index in [9.17, 15) is 14.4 Å². The fraction of sp³-hybridized carbons (Fsp3) is 0.190. The van der Waals surface area contributed by atoms with Crippen LogP contribution in [0.2, 0.25) is 0 Å². The third-order valence-corrected chi connectivity index (χ3v) is 4.32. The van der Waals surface area contributed by atoms with Crippen molar-refractivity contribution >= 4 is 34.9 Å². The number of nitrogens with one attached hydrogen (secondary N) is 3. The Labute approximate surface area is 163 Å². The van der Waals surface area contributed by atoms with Gasteiger partial charge in [-0.3, -0.25) is 9.59 Å². The molecule has 0 spiro atoms. The first-order valence-electron chi connectivity index (χ1n) is 9.04. The molecule has 1 heterocycles. The third-order valence-electron chi connectivity index (χ3n) is 4.32. The number of amides is 4. The molecule has 2 aromatic rings. The molecule has 4 amide bonds. The highest BCUT2D eigenvalue weighted by Crippen LogP contribution is 2.22. The summed E-state index contributed by atoms with van der Waals surface area (Å²) in [5.74, 6) is -0.132. The summed E-state index contributed by atoms with van der Waals surface area (Å²) in [6.07, 6.45) is 3.03. The van der Waals surface area contributed by atoms with Crippen molar-refractivity contribution < 1.29 is 14.4 Å². The van der Waals surface area contributed by atoms with E-state index in [4.69, 9.17) is 0 Å². The number of carbonyl (C=O) groups excluding carboxylic acids is 3. The predicted octanol–water partition coefficient (Wildman–Crippen LogP) is 3.37. The SMILES string of the molecule is C=CCNC(=O)Nc1ccc(NC(=O)c2ccc(N3CCCC3=O)cc2)cc1. The second kappa shape index (κ2) is 8.85. The summed E-state index contributed by atoms with van der Waals surface area (Å²) in [5, 5.41) is 8.11. The van der Waals surface area contributed by atoms with Crippen LogP contribution in [-0.2, 0) is 4.79 Å². The molecular formula is C21H22N4O3. The highest BCUT2D eigenvalue weighted by Gasteiger charge is 2.21. The molecule has 1 aliphatic heterocycles. The molecule has 0 bridgehead atoms. The molecule has 0 atom stereocenters. The maximum absolute atomic E-state index is 12.4. The van der Waals surface area contributed by atoms with E-state index in [2.05, 4.69) is 22.5 Å². The number of hydrogen-bond acceptors (Lipinski definition) is 3. The van der Waals surface area contributed by atoms with Crippen molar-refractivity contribution in [1.29, 1.82) is 0 Å². The normalized spacial score (nSPS) is 13.1. The van der Waals surface area contributed by atoms with Gasteiger partial charge in [0.25, 0.3) is 5.91 Å². The summed E-state index contributed by atoms with van der Waals surface area (Å²) in [5.41, 5.74) is 2.53. The van der Waals surface area contributed by atoms with Gasteiger partial charge in [0.05, 0.1) is 0 Å². The van der Waals surface area contributed by atoms with Crippen LogP contribution in [0.3, 0.4) is 0 Å².